The normalized spacial score (nSPS) is 32.0. The number of hydrogen-bond donors (Lipinski definition) is 1. The van der Waals surface area contributed by atoms with E-state index >= 15 is 0 Å². The van der Waals surface area contributed by atoms with Gasteiger partial charge in [-0.15, -0.1) is 0 Å². The Kier molecular flexibility index (Phi) is 4.19. The highest BCUT2D eigenvalue weighted by Gasteiger charge is 2.59. The molecule has 3 fully saturated rings. The van der Waals surface area contributed by atoms with Crippen molar-refractivity contribution in [2.24, 2.45) is 5.41 Å². The van der Waals surface area contributed by atoms with Gasteiger partial charge in [-0.25, -0.2) is 4.79 Å². The lowest BCUT2D eigenvalue weighted by Crippen LogP contribution is -2.66. The number of carbonyl (C=O) groups excluding carboxylic acids is 2. The Morgan fingerprint density at radius 3 is 2.33 bits per heavy atom. The molecule has 2 saturated heterocycles. The molecule has 1 unspecified atom stereocenters. The number of carbonyl (C=O) groups is 2. The summed E-state index contributed by atoms with van der Waals surface area (Å²) >= 11 is 0. The Balaban J connectivity index is 2.21. The van der Waals surface area contributed by atoms with Gasteiger partial charge < -0.3 is 14.6 Å². The zero-order chi connectivity index (χ0) is 15.8. The van der Waals surface area contributed by atoms with Crippen LogP contribution in [0.3, 0.4) is 0 Å². The van der Waals surface area contributed by atoms with E-state index in [2.05, 4.69) is 0 Å². The summed E-state index contributed by atoms with van der Waals surface area (Å²) in [4.78, 5) is 25.9. The van der Waals surface area contributed by atoms with Crippen LogP contribution >= 0.6 is 0 Å². The second-order valence-electron chi connectivity index (χ2n) is 6.87. The highest BCUT2D eigenvalue weighted by atomic mass is 16.6. The number of nitrogens with zero attached hydrogens (tertiary/aromatic N) is 1. The first-order valence-corrected chi connectivity index (χ1v) is 7.58. The van der Waals surface area contributed by atoms with Gasteiger partial charge in [0.25, 0.3) is 0 Å². The number of esters is 1. The summed E-state index contributed by atoms with van der Waals surface area (Å²) in [5, 5.41) is 10.6. The molecule has 1 N–H and O–H groups in total. The van der Waals surface area contributed by atoms with E-state index in [4.69, 9.17) is 9.47 Å². The van der Waals surface area contributed by atoms with Gasteiger partial charge in [0.05, 0.1) is 6.61 Å². The number of fused-ring (bicyclic) bond motifs is 3. The molecule has 120 valence electrons. The fraction of sp³-hybridized carbons (Fsp3) is 0.867. The van der Waals surface area contributed by atoms with Crippen LogP contribution in [0.25, 0.3) is 0 Å². The van der Waals surface area contributed by atoms with Crippen LogP contribution in [0.2, 0.25) is 0 Å². The highest BCUT2D eigenvalue weighted by Crippen LogP contribution is 2.49. The van der Waals surface area contributed by atoms with Crippen LogP contribution in [0, 0.1) is 5.41 Å². The van der Waals surface area contributed by atoms with Gasteiger partial charge in [0, 0.05) is 6.04 Å². The van der Waals surface area contributed by atoms with Gasteiger partial charge in [0.1, 0.15) is 17.2 Å². The summed E-state index contributed by atoms with van der Waals surface area (Å²) in [7, 11) is 0. The SMILES string of the molecule is CCOC(=O)C12CCC(CC1)N(C(=O)OC(C)(C)C)C2O. The third-order valence-electron chi connectivity index (χ3n) is 4.28. The lowest BCUT2D eigenvalue weighted by molar-refractivity contribution is -0.201. The zero-order valence-corrected chi connectivity index (χ0v) is 13.2. The number of aliphatic hydroxyl groups excluding tert-OH is 1. The third kappa shape index (κ3) is 2.86. The molecule has 1 aliphatic carbocycles. The summed E-state index contributed by atoms with van der Waals surface area (Å²) in [5.41, 5.74) is -1.63. The second kappa shape index (κ2) is 5.48. The zero-order valence-electron chi connectivity index (χ0n) is 13.2. The molecular formula is C15H25NO5. The van der Waals surface area contributed by atoms with Gasteiger partial charge in [0.15, 0.2) is 0 Å². The van der Waals surface area contributed by atoms with E-state index in [0.717, 1.165) is 0 Å². The molecule has 2 heterocycles. The maximum Gasteiger partial charge on any atom is 0.412 e. The van der Waals surface area contributed by atoms with E-state index < -0.39 is 29.3 Å². The first kappa shape index (κ1) is 16.1. The van der Waals surface area contributed by atoms with Gasteiger partial charge in [-0.3, -0.25) is 9.69 Å². The molecule has 3 rings (SSSR count). The summed E-state index contributed by atoms with van der Waals surface area (Å²) in [5.74, 6) is -0.413. The number of ether oxygens (including phenoxy) is 2. The summed E-state index contributed by atoms with van der Waals surface area (Å²) in [6.07, 6.45) is 0.755. The van der Waals surface area contributed by atoms with Crippen LogP contribution in [0.15, 0.2) is 0 Å². The average Bonchev–Trinajstić information content (AvgIpc) is 2.38. The predicted molar refractivity (Wildman–Crippen MR) is 75.4 cm³/mol. The minimum absolute atomic E-state index is 0.0637. The Morgan fingerprint density at radius 1 is 1.29 bits per heavy atom. The minimum atomic E-state index is -1.17. The molecule has 0 spiro atoms. The fourth-order valence-electron chi connectivity index (χ4n) is 3.27. The van der Waals surface area contributed by atoms with Gasteiger partial charge >= 0.3 is 12.1 Å². The van der Waals surface area contributed by atoms with Crippen LogP contribution in [-0.4, -0.2) is 46.5 Å². The maximum absolute atomic E-state index is 12.3. The monoisotopic (exact) mass is 299 g/mol. The number of hydrogen-bond acceptors (Lipinski definition) is 5. The molecule has 0 aromatic carbocycles. The van der Waals surface area contributed by atoms with Crippen LogP contribution in [-0.2, 0) is 14.3 Å². The topological polar surface area (TPSA) is 76.1 Å². The molecule has 2 aliphatic heterocycles. The van der Waals surface area contributed by atoms with E-state index in [1.54, 1.807) is 27.7 Å². The third-order valence-corrected chi connectivity index (χ3v) is 4.28. The molecule has 1 saturated carbocycles. The van der Waals surface area contributed by atoms with Crippen LogP contribution in [0.4, 0.5) is 4.79 Å². The quantitative estimate of drug-likeness (QED) is 0.790. The number of aliphatic hydroxyl groups is 1. The van der Waals surface area contributed by atoms with Crippen molar-refractivity contribution in [1.82, 2.24) is 4.90 Å². The molecule has 3 aliphatic rings. The standard InChI is InChI=1S/C15H25NO5/c1-5-20-12(18)15-8-6-10(7-9-15)16(11(15)17)13(19)21-14(2,3)4/h10-11,17H,5-9H2,1-4H3. The van der Waals surface area contributed by atoms with Crippen LogP contribution in [0.1, 0.15) is 53.4 Å². The predicted octanol–water partition coefficient (Wildman–Crippen LogP) is 2.05. The van der Waals surface area contributed by atoms with Gasteiger partial charge in [-0.2, -0.15) is 0 Å². The molecule has 0 aromatic heterocycles. The smallest absolute Gasteiger partial charge is 0.412 e. The Labute approximate surface area is 125 Å². The molecule has 1 atom stereocenters. The number of amides is 1. The Bertz CT molecular complexity index is 420. The van der Waals surface area contributed by atoms with E-state index in [9.17, 15) is 14.7 Å². The van der Waals surface area contributed by atoms with Crippen molar-refractivity contribution in [2.45, 2.75) is 71.2 Å². The molecule has 2 bridgehead atoms. The fourth-order valence-corrected chi connectivity index (χ4v) is 3.27. The molecule has 0 radical (unpaired) electrons. The number of piperidine rings is 2. The van der Waals surface area contributed by atoms with Crippen molar-refractivity contribution in [1.29, 1.82) is 0 Å². The van der Waals surface area contributed by atoms with Crippen molar-refractivity contribution < 1.29 is 24.2 Å². The molecule has 21 heavy (non-hydrogen) atoms. The maximum atomic E-state index is 12.3. The minimum Gasteiger partial charge on any atom is -0.465 e. The van der Waals surface area contributed by atoms with Crippen molar-refractivity contribution in [3.8, 4) is 0 Å². The largest absolute Gasteiger partial charge is 0.465 e. The van der Waals surface area contributed by atoms with Crippen LogP contribution < -0.4 is 0 Å². The van der Waals surface area contributed by atoms with E-state index in [1.807, 2.05) is 0 Å². The van der Waals surface area contributed by atoms with E-state index in [-0.39, 0.29) is 12.6 Å². The molecule has 6 nitrogen and oxygen atoms in total. The lowest BCUT2D eigenvalue weighted by Gasteiger charge is -2.54. The molecule has 1 amide bonds. The van der Waals surface area contributed by atoms with E-state index in [0.29, 0.717) is 25.7 Å². The van der Waals surface area contributed by atoms with Crippen molar-refractivity contribution in [3.05, 3.63) is 0 Å². The van der Waals surface area contributed by atoms with Crippen LogP contribution in [0.5, 0.6) is 0 Å². The molecular weight excluding hydrogens is 274 g/mol. The first-order valence-electron chi connectivity index (χ1n) is 7.58. The highest BCUT2D eigenvalue weighted by molar-refractivity contribution is 5.80. The lowest BCUT2D eigenvalue weighted by atomic mass is 9.66. The van der Waals surface area contributed by atoms with Crippen molar-refractivity contribution in [2.75, 3.05) is 6.61 Å². The van der Waals surface area contributed by atoms with Gasteiger partial charge in [-0.05, 0) is 53.4 Å². The first-order chi connectivity index (χ1) is 9.71. The molecule has 6 heteroatoms. The van der Waals surface area contributed by atoms with Crippen molar-refractivity contribution in [3.63, 3.8) is 0 Å². The van der Waals surface area contributed by atoms with Gasteiger partial charge in [0.2, 0.25) is 0 Å². The molecule has 0 aromatic rings. The van der Waals surface area contributed by atoms with Crippen molar-refractivity contribution >= 4 is 12.1 Å². The second-order valence-corrected chi connectivity index (χ2v) is 6.87. The Morgan fingerprint density at radius 2 is 1.86 bits per heavy atom. The van der Waals surface area contributed by atoms with Gasteiger partial charge in [-0.1, -0.05) is 0 Å². The summed E-state index contributed by atoms with van der Waals surface area (Å²) in [6, 6.07) is -0.0637. The average molecular weight is 299 g/mol. The Hall–Kier alpha value is -1.30. The summed E-state index contributed by atoms with van der Waals surface area (Å²) < 4.78 is 10.5. The van der Waals surface area contributed by atoms with E-state index in [1.165, 1.54) is 4.90 Å². The number of rotatable bonds is 2. The summed E-state index contributed by atoms with van der Waals surface area (Å²) in [6.45, 7) is 7.34.